The lowest BCUT2D eigenvalue weighted by Crippen LogP contribution is -2.61. The number of carboxylic acid groups (broad SMARTS) is 1. The molecule has 8 heteroatoms. The second kappa shape index (κ2) is 8.42. The topological polar surface area (TPSA) is 137 Å². The van der Waals surface area contributed by atoms with Crippen LogP contribution in [0.3, 0.4) is 0 Å². The summed E-state index contributed by atoms with van der Waals surface area (Å²) in [5, 5.41) is 50.3. The predicted octanol–water partition coefficient (Wildman–Crippen LogP) is 1.67. The van der Waals surface area contributed by atoms with E-state index in [1.807, 2.05) is 0 Å². The van der Waals surface area contributed by atoms with Crippen LogP contribution in [0.4, 0.5) is 0 Å². The molecule has 33 heavy (non-hydrogen) atoms. The highest BCUT2D eigenvalue weighted by Crippen LogP contribution is 2.66. The summed E-state index contributed by atoms with van der Waals surface area (Å²) in [7, 11) is 0. The lowest BCUT2D eigenvalue weighted by atomic mass is 9.45. The van der Waals surface area contributed by atoms with E-state index in [-0.39, 0.29) is 23.0 Å². The Morgan fingerprint density at radius 2 is 1.55 bits per heavy atom. The normalized spacial score (nSPS) is 56.5. The first-order chi connectivity index (χ1) is 15.6. The second-order valence-corrected chi connectivity index (χ2v) is 12.1. The Morgan fingerprint density at radius 1 is 0.848 bits per heavy atom. The van der Waals surface area contributed by atoms with Gasteiger partial charge in [-0.3, -0.25) is 0 Å². The van der Waals surface area contributed by atoms with Gasteiger partial charge in [-0.25, -0.2) is 4.79 Å². The van der Waals surface area contributed by atoms with Gasteiger partial charge in [0.05, 0.1) is 12.2 Å². The molecule has 5 rings (SSSR count). The molecule has 0 aromatic rings. The molecular weight excluding hydrogens is 428 g/mol. The predicted molar refractivity (Wildman–Crippen MR) is 117 cm³/mol. The molecule has 13 atom stereocenters. The zero-order valence-electron chi connectivity index (χ0n) is 19.7. The van der Waals surface area contributed by atoms with E-state index in [1.165, 1.54) is 12.8 Å². The summed E-state index contributed by atoms with van der Waals surface area (Å²) in [5.41, 5.74) is 0.300. The number of aliphatic carboxylic acids is 1. The fraction of sp³-hybridized carbons (Fsp3) is 0.960. The summed E-state index contributed by atoms with van der Waals surface area (Å²) in [5.74, 6) is 1.05. The third-order valence-electron chi connectivity index (χ3n) is 10.7. The van der Waals surface area contributed by atoms with E-state index in [9.17, 15) is 30.3 Å². The Bertz CT molecular complexity index is 761. The van der Waals surface area contributed by atoms with Crippen LogP contribution in [-0.2, 0) is 14.3 Å². The van der Waals surface area contributed by atoms with Gasteiger partial charge < -0.3 is 35.0 Å². The van der Waals surface area contributed by atoms with E-state index in [0.717, 1.165) is 44.9 Å². The Labute approximate surface area is 195 Å². The first-order valence-corrected chi connectivity index (χ1v) is 12.8. The molecule has 0 aromatic heterocycles. The Kier molecular flexibility index (Phi) is 6.11. The van der Waals surface area contributed by atoms with Crippen LogP contribution < -0.4 is 0 Å². The number of aliphatic hydroxyl groups excluding tert-OH is 4. The van der Waals surface area contributed by atoms with E-state index in [1.54, 1.807) is 0 Å². The van der Waals surface area contributed by atoms with E-state index < -0.39 is 36.7 Å². The minimum atomic E-state index is -1.70. The largest absolute Gasteiger partial charge is 0.479 e. The quantitative estimate of drug-likeness (QED) is 0.395. The molecule has 1 saturated heterocycles. The molecule has 2 unspecified atom stereocenters. The van der Waals surface area contributed by atoms with Gasteiger partial charge in [-0.05, 0) is 92.3 Å². The summed E-state index contributed by atoms with van der Waals surface area (Å²) in [6.07, 6.45) is 1.19. The van der Waals surface area contributed by atoms with Gasteiger partial charge >= 0.3 is 5.97 Å². The van der Waals surface area contributed by atoms with Crippen LogP contribution in [0.25, 0.3) is 0 Å². The minimum Gasteiger partial charge on any atom is -0.479 e. The lowest BCUT2D eigenvalue weighted by Gasteiger charge is -2.61. The second-order valence-electron chi connectivity index (χ2n) is 12.1. The van der Waals surface area contributed by atoms with Crippen LogP contribution in [0.5, 0.6) is 0 Å². The maximum atomic E-state index is 11.4. The molecule has 5 N–H and O–H groups in total. The van der Waals surface area contributed by atoms with E-state index >= 15 is 0 Å². The molecule has 8 nitrogen and oxygen atoms in total. The fourth-order valence-corrected chi connectivity index (χ4v) is 8.67. The number of carboxylic acids is 1. The van der Waals surface area contributed by atoms with Gasteiger partial charge in [0.25, 0.3) is 0 Å². The van der Waals surface area contributed by atoms with Crippen molar-refractivity contribution >= 4 is 5.97 Å². The van der Waals surface area contributed by atoms with Crippen molar-refractivity contribution in [3.8, 4) is 0 Å². The zero-order valence-corrected chi connectivity index (χ0v) is 19.7. The summed E-state index contributed by atoms with van der Waals surface area (Å²) < 4.78 is 11.4. The Balaban J connectivity index is 1.26. The molecule has 1 heterocycles. The number of hydrogen-bond donors (Lipinski definition) is 5. The van der Waals surface area contributed by atoms with Crippen molar-refractivity contribution in [3.05, 3.63) is 0 Å². The first kappa shape index (κ1) is 23.9. The number of aliphatic hydroxyl groups is 4. The van der Waals surface area contributed by atoms with Gasteiger partial charge in [0.1, 0.15) is 18.3 Å². The Morgan fingerprint density at radius 3 is 2.27 bits per heavy atom. The van der Waals surface area contributed by atoms with E-state index in [4.69, 9.17) is 9.47 Å². The third kappa shape index (κ3) is 3.67. The fourth-order valence-electron chi connectivity index (χ4n) is 8.67. The first-order valence-electron chi connectivity index (χ1n) is 12.8. The zero-order chi connectivity index (χ0) is 23.7. The van der Waals surface area contributed by atoms with Gasteiger partial charge in [0.15, 0.2) is 12.4 Å². The lowest BCUT2D eigenvalue weighted by molar-refractivity contribution is -0.309. The molecule has 4 aliphatic carbocycles. The molecule has 0 radical (unpaired) electrons. The van der Waals surface area contributed by atoms with Crippen LogP contribution in [0, 0.1) is 34.5 Å². The SMILES string of the molecule is C[C@]12CC[C@@H](O[C@@H]3OC(C(=O)O)[C@@H](O)C(O)[C@H]3O)C[C@@H]1CC[C@@H]1[C@@H]2CC[C@]2(C)[C@@H](O)CC[C@@H]12. The molecule has 1 aliphatic heterocycles. The van der Waals surface area contributed by atoms with Crippen molar-refractivity contribution in [2.45, 2.75) is 115 Å². The molecule has 0 amide bonds. The number of carbonyl (C=O) groups is 1. The number of rotatable bonds is 3. The van der Waals surface area contributed by atoms with Crippen molar-refractivity contribution in [2.75, 3.05) is 0 Å². The smallest absolute Gasteiger partial charge is 0.335 e. The van der Waals surface area contributed by atoms with Crippen molar-refractivity contribution in [1.82, 2.24) is 0 Å². The highest BCUT2D eigenvalue weighted by Gasteiger charge is 2.60. The highest BCUT2D eigenvalue weighted by molar-refractivity contribution is 5.73. The van der Waals surface area contributed by atoms with E-state index in [2.05, 4.69) is 13.8 Å². The summed E-state index contributed by atoms with van der Waals surface area (Å²) in [6.45, 7) is 4.74. The van der Waals surface area contributed by atoms with Gasteiger partial charge in [-0.15, -0.1) is 0 Å². The molecule has 5 fully saturated rings. The van der Waals surface area contributed by atoms with Crippen LogP contribution in [0.15, 0.2) is 0 Å². The minimum absolute atomic E-state index is 0.0746. The highest BCUT2D eigenvalue weighted by atomic mass is 16.7. The number of ether oxygens (including phenoxy) is 2. The molecule has 4 saturated carbocycles. The van der Waals surface area contributed by atoms with Crippen LogP contribution in [-0.4, -0.2) is 74.4 Å². The van der Waals surface area contributed by atoms with Crippen molar-refractivity contribution in [2.24, 2.45) is 34.5 Å². The number of hydrogen-bond acceptors (Lipinski definition) is 7. The number of fused-ring (bicyclic) bond motifs is 5. The molecule has 188 valence electrons. The van der Waals surface area contributed by atoms with Gasteiger partial charge in [-0.2, -0.15) is 0 Å². The summed E-state index contributed by atoms with van der Waals surface area (Å²) in [4.78, 5) is 11.4. The maximum absolute atomic E-state index is 11.4. The maximum Gasteiger partial charge on any atom is 0.335 e. The van der Waals surface area contributed by atoms with Crippen LogP contribution >= 0.6 is 0 Å². The molecule has 0 aromatic carbocycles. The summed E-state index contributed by atoms with van der Waals surface area (Å²) >= 11 is 0. The Hall–Kier alpha value is -0.770. The van der Waals surface area contributed by atoms with E-state index in [0.29, 0.717) is 23.7 Å². The third-order valence-corrected chi connectivity index (χ3v) is 10.7. The van der Waals surface area contributed by atoms with Crippen molar-refractivity contribution < 1.29 is 39.8 Å². The molecule has 5 aliphatic rings. The average molecular weight is 469 g/mol. The standard InChI is InChI=1S/C25H40O8/c1-24-9-7-13(32-23-20(29)18(27)19(28)21(33-23)22(30)31)11-12(24)3-4-14-15-5-6-17(26)25(15,2)10-8-16(14)24/h12-21,23,26-29H,3-11H2,1-2H3,(H,30,31)/t12-,13+,14-,15-,16-,17-,18?,19-,20+,21?,23+,24-,25-/m0/s1. The van der Waals surface area contributed by atoms with Crippen molar-refractivity contribution in [1.29, 1.82) is 0 Å². The average Bonchev–Trinajstić information content (AvgIpc) is 3.08. The van der Waals surface area contributed by atoms with Gasteiger partial charge in [0, 0.05) is 0 Å². The summed E-state index contributed by atoms with van der Waals surface area (Å²) in [6, 6.07) is 0. The van der Waals surface area contributed by atoms with Gasteiger partial charge in [0.2, 0.25) is 0 Å². The van der Waals surface area contributed by atoms with Crippen LogP contribution in [0.2, 0.25) is 0 Å². The molecule has 0 spiro atoms. The molecule has 0 bridgehead atoms. The van der Waals surface area contributed by atoms with Crippen molar-refractivity contribution in [3.63, 3.8) is 0 Å². The van der Waals surface area contributed by atoms with Gasteiger partial charge in [-0.1, -0.05) is 13.8 Å². The van der Waals surface area contributed by atoms with Crippen LogP contribution in [0.1, 0.15) is 71.6 Å². The monoisotopic (exact) mass is 468 g/mol. The molecular formula is C25H40O8.